The Balaban J connectivity index is 2.10. The van der Waals surface area contributed by atoms with Crippen LogP contribution in [-0.4, -0.2) is 15.3 Å². The van der Waals surface area contributed by atoms with Crippen molar-refractivity contribution in [3.8, 4) is 0 Å². The molecule has 1 aromatic carbocycles. The highest BCUT2D eigenvalue weighted by Crippen LogP contribution is 2.21. The third-order valence-corrected chi connectivity index (χ3v) is 5.01. The van der Waals surface area contributed by atoms with E-state index in [4.69, 9.17) is 0 Å². The van der Waals surface area contributed by atoms with Gasteiger partial charge in [0.05, 0.1) is 5.69 Å². The van der Waals surface area contributed by atoms with Crippen LogP contribution in [0.25, 0.3) is 4.96 Å². The number of fused-ring (bicyclic) bond motifs is 1. The molecule has 0 aliphatic rings. The number of aromatic nitrogens is 2. The standard InChI is InChI=1S/C17H17N3O2S/c1-9-7-5-6-8-13(9)15(21)19-14-10(2)18-17-20(16(14)22)11(3)12(4)23-17/h5-8H,1-4H3,(H,19,21). The van der Waals surface area contributed by atoms with Crippen LogP contribution in [0, 0.1) is 27.7 Å². The fourth-order valence-corrected chi connectivity index (χ4v) is 3.49. The number of hydrogen-bond donors (Lipinski definition) is 1. The lowest BCUT2D eigenvalue weighted by Crippen LogP contribution is -2.25. The summed E-state index contributed by atoms with van der Waals surface area (Å²) in [5, 5.41) is 2.73. The lowest BCUT2D eigenvalue weighted by Gasteiger charge is -2.09. The molecule has 1 N–H and O–H groups in total. The Labute approximate surface area is 137 Å². The summed E-state index contributed by atoms with van der Waals surface area (Å²) >= 11 is 1.47. The number of carbonyl (C=O) groups is 1. The van der Waals surface area contributed by atoms with E-state index in [1.54, 1.807) is 23.5 Å². The van der Waals surface area contributed by atoms with E-state index in [-0.39, 0.29) is 17.2 Å². The molecule has 2 heterocycles. The minimum absolute atomic E-state index is 0.233. The highest BCUT2D eigenvalue weighted by Gasteiger charge is 2.17. The van der Waals surface area contributed by atoms with Crippen LogP contribution >= 0.6 is 11.3 Å². The maximum atomic E-state index is 12.8. The molecule has 0 aliphatic heterocycles. The SMILES string of the molecule is Cc1ccccc1C(=O)Nc1c(C)nc2sc(C)c(C)n2c1=O. The van der Waals surface area contributed by atoms with E-state index in [1.165, 1.54) is 11.3 Å². The zero-order chi connectivity index (χ0) is 16.7. The van der Waals surface area contributed by atoms with Gasteiger partial charge in [-0.15, -0.1) is 11.3 Å². The molecule has 23 heavy (non-hydrogen) atoms. The Bertz CT molecular complexity index is 985. The first-order chi connectivity index (χ1) is 10.9. The zero-order valence-electron chi connectivity index (χ0n) is 13.4. The van der Waals surface area contributed by atoms with Gasteiger partial charge in [0, 0.05) is 16.1 Å². The van der Waals surface area contributed by atoms with Crippen LogP contribution in [0.3, 0.4) is 0 Å². The number of nitrogens with one attached hydrogen (secondary N) is 1. The van der Waals surface area contributed by atoms with Gasteiger partial charge in [-0.25, -0.2) is 4.98 Å². The van der Waals surface area contributed by atoms with Crippen molar-refractivity contribution in [2.24, 2.45) is 0 Å². The summed E-state index contributed by atoms with van der Waals surface area (Å²) in [6.45, 7) is 7.43. The Morgan fingerprint density at radius 2 is 1.87 bits per heavy atom. The predicted molar refractivity (Wildman–Crippen MR) is 92.7 cm³/mol. The number of benzene rings is 1. The monoisotopic (exact) mass is 327 g/mol. The van der Waals surface area contributed by atoms with Crippen molar-refractivity contribution < 1.29 is 4.79 Å². The van der Waals surface area contributed by atoms with Gasteiger partial charge in [-0.3, -0.25) is 14.0 Å². The third kappa shape index (κ3) is 2.55. The molecule has 1 amide bonds. The van der Waals surface area contributed by atoms with E-state index in [0.29, 0.717) is 16.2 Å². The lowest BCUT2D eigenvalue weighted by atomic mass is 10.1. The van der Waals surface area contributed by atoms with Crippen molar-refractivity contribution in [2.75, 3.05) is 5.32 Å². The van der Waals surface area contributed by atoms with Crippen molar-refractivity contribution in [1.29, 1.82) is 0 Å². The average molecular weight is 327 g/mol. The average Bonchev–Trinajstić information content (AvgIpc) is 2.78. The Kier molecular flexibility index (Phi) is 3.77. The fourth-order valence-electron chi connectivity index (χ4n) is 2.49. The van der Waals surface area contributed by atoms with Gasteiger partial charge in [-0.1, -0.05) is 18.2 Å². The maximum absolute atomic E-state index is 12.8. The van der Waals surface area contributed by atoms with Crippen LogP contribution < -0.4 is 10.9 Å². The lowest BCUT2D eigenvalue weighted by molar-refractivity contribution is 0.102. The summed E-state index contributed by atoms with van der Waals surface area (Å²) in [4.78, 5) is 31.4. The molecule has 0 saturated heterocycles. The second kappa shape index (κ2) is 5.62. The Hall–Kier alpha value is -2.47. The Morgan fingerprint density at radius 3 is 2.57 bits per heavy atom. The predicted octanol–water partition coefficient (Wildman–Crippen LogP) is 3.24. The summed E-state index contributed by atoms with van der Waals surface area (Å²) < 4.78 is 1.56. The first-order valence-corrected chi connectivity index (χ1v) is 8.08. The van der Waals surface area contributed by atoms with Crippen LogP contribution in [0.4, 0.5) is 5.69 Å². The minimum atomic E-state index is -0.297. The molecule has 2 aromatic heterocycles. The number of aryl methyl sites for hydroxylation is 4. The van der Waals surface area contributed by atoms with Crippen molar-refractivity contribution in [2.45, 2.75) is 27.7 Å². The van der Waals surface area contributed by atoms with E-state index < -0.39 is 0 Å². The number of anilines is 1. The second-order valence-corrected chi connectivity index (χ2v) is 6.69. The summed E-state index contributed by atoms with van der Waals surface area (Å²) in [5.74, 6) is -0.297. The first-order valence-electron chi connectivity index (χ1n) is 7.26. The molecular formula is C17H17N3O2S. The molecular weight excluding hydrogens is 310 g/mol. The second-order valence-electron chi connectivity index (χ2n) is 5.51. The Morgan fingerprint density at radius 1 is 1.17 bits per heavy atom. The molecule has 0 spiro atoms. The van der Waals surface area contributed by atoms with Crippen LogP contribution in [0.1, 0.15) is 32.2 Å². The van der Waals surface area contributed by atoms with Crippen molar-refractivity contribution in [3.63, 3.8) is 0 Å². The molecule has 0 saturated carbocycles. The van der Waals surface area contributed by atoms with Gasteiger partial charge in [0.1, 0.15) is 5.69 Å². The number of thiazole rings is 1. The zero-order valence-corrected chi connectivity index (χ0v) is 14.2. The number of nitrogens with zero attached hydrogens (tertiary/aromatic N) is 2. The first kappa shape index (κ1) is 15.4. The molecule has 0 unspecified atom stereocenters. The highest BCUT2D eigenvalue weighted by atomic mass is 32.1. The van der Waals surface area contributed by atoms with Gasteiger partial charge < -0.3 is 5.32 Å². The van der Waals surface area contributed by atoms with E-state index in [1.807, 2.05) is 32.9 Å². The molecule has 0 radical (unpaired) electrons. The third-order valence-electron chi connectivity index (χ3n) is 3.95. The molecule has 0 fully saturated rings. The van der Waals surface area contributed by atoms with E-state index in [9.17, 15) is 9.59 Å². The van der Waals surface area contributed by atoms with E-state index in [2.05, 4.69) is 10.3 Å². The summed E-state index contributed by atoms with van der Waals surface area (Å²) in [6, 6.07) is 7.28. The smallest absolute Gasteiger partial charge is 0.282 e. The topological polar surface area (TPSA) is 63.5 Å². The minimum Gasteiger partial charge on any atom is -0.316 e. The molecule has 0 bridgehead atoms. The molecule has 3 rings (SSSR count). The quantitative estimate of drug-likeness (QED) is 0.786. The van der Waals surface area contributed by atoms with Crippen LogP contribution in [0.5, 0.6) is 0 Å². The highest BCUT2D eigenvalue weighted by molar-refractivity contribution is 7.17. The summed E-state index contributed by atoms with van der Waals surface area (Å²) in [7, 11) is 0. The van der Waals surface area contributed by atoms with Crippen molar-refractivity contribution in [1.82, 2.24) is 9.38 Å². The van der Waals surface area contributed by atoms with Crippen LogP contribution in [0.2, 0.25) is 0 Å². The fraction of sp³-hybridized carbons (Fsp3) is 0.235. The van der Waals surface area contributed by atoms with Crippen molar-refractivity contribution >= 4 is 27.9 Å². The summed E-state index contributed by atoms with van der Waals surface area (Å²) in [5.41, 5.74) is 2.79. The molecule has 3 aromatic rings. The molecule has 6 heteroatoms. The van der Waals surface area contributed by atoms with Gasteiger partial charge in [0.2, 0.25) is 0 Å². The van der Waals surface area contributed by atoms with Gasteiger partial charge in [-0.2, -0.15) is 0 Å². The molecule has 118 valence electrons. The van der Waals surface area contributed by atoms with Gasteiger partial charge >= 0.3 is 0 Å². The van der Waals surface area contributed by atoms with E-state index in [0.717, 1.165) is 16.1 Å². The number of hydrogen-bond acceptors (Lipinski definition) is 4. The summed E-state index contributed by atoms with van der Waals surface area (Å²) in [6.07, 6.45) is 0. The van der Waals surface area contributed by atoms with Crippen molar-refractivity contribution in [3.05, 3.63) is 62.0 Å². The van der Waals surface area contributed by atoms with Gasteiger partial charge in [0.15, 0.2) is 4.96 Å². The van der Waals surface area contributed by atoms with Gasteiger partial charge in [-0.05, 0) is 39.3 Å². The number of carbonyl (C=O) groups excluding carboxylic acids is 1. The largest absolute Gasteiger partial charge is 0.316 e. The van der Waals surface area contributed by atoms with Crippen LogP contribution in [-0.2, 0) is 0 Å². The molecule has 5 nitrogen and oxygen atoms in total. The van der Waals surface area contributed by atoms with Gasteiger partial charge in [0.25, 0.3) is 11.5 Å². The molecule has 0 atom stereocenters. The van der Waals surface area contributed by atoms with Crippen LogP contribution in [0.15, 0.2) is 29.1 Å². The normalized spacial score (nSPS) is 11.0. The number of rotatable bonds is 2. The number of amides is 1. The van der Waals surface area contributed by atoms with E-state index >= 15 is 0 Å². The maximum Gasteiger partial charge on any atom is 0.282 e. The molecule has 0 aliphatic carbocycles.